The Morgan fingerprint density at radius 3 is 2.86 bits per heavy atom. The second-order valence-electron chi connectivity index (χ2n) is 2.76. The summed E-state index contributed by atoms with van der Waals surface area (Å²) in [5.41, 5.74) is 0.168. The van der Waals surface area contributed by atoms with Crippen LogP contribution in [-0.2, 0) is 0 Å². The summed E-state index contributed by atoms with van der Waals surface area (Å²) in [5, 5.41) is 0. The molecule has 0 aromatic heterocycles. The van der Waals surface area contributed by atoms with Gasteiger partial charge in [-0.15, -0.1) is 0 Å². The minimum Gasteiger partial charge on any atom is -0.294 e. The molecular weight excluding hydrogens is 267 g/mol. The lowest BCUT2D eigenvalue weighted by Gasteiger charge is -2.03. The highest BCUT2D eigenvalue weighted by atomic mass is 79.9. The zero-order valence-electron chi connectivity index (χ0n) is 7.72. The Morgan fingerprint density at radius 1 is 1.57 bits per heavy atom. The monoisotopic (exact) mass is 276 g/mol. The summed E-state index contributed by atoms with van der Waals surface area (Å²) in [6, 6.07) is 4.55. The van der Waals surface area contributed by atoms with E-state index in [0.29, 0.717) is 10.9 Å². The van der Waals surface area contributed by atoms with Gasteiger partial charge in [0.2, 0.25) is 0 Å². The molecule has 0 saturated heterocycles. The Bertz CT molecular complexity index is 321. The van der Waals surface area contributed by atoms with E-state index < -0.39 is 5.82 Å². The largest absolute Gasteiger partial charge is 0.294 e. The summed E-state index contributed by atoms with van der Waals surface area (Å²) >= 11 is 4.75. The van der Waals surface area contributed by atoms with E-state index in [0.717, 1.165) is 5.75 Å². The molecule has 0 spiro atoms. The maximum absolute atomic E-state index is 13.3. The summed E-state index contributed by atoms with van der Waals surface area (Å²) in [6.07, 6.45) is 2.30. The smallest absolute Gasteiger partial charge is 0.167 e. The second kappa shape index (κ2) is 5.51. The van der Waals surface area contributed by atoms with Gasteiger partial charge in [-0.05, 0) is 34.3 Å². The van der Waals surface area contributed by atoms with Crippen LogP contribution < -0.4 is 0 Å². The van der Waals surface area contributed by atoms with Gasteiger partial charge in [0.25, 0.3) is 0 Å². The molecule has 0 aliphatic carbocycles. The number of carbonyl (C=O) groups excluding carboxylic acids is 1. The normalized spacial score (nSPS) is 10.2. The van der Waals surface area contributed by atoms with Crippen LogP contribution in [0.3, 0.4) is 0 Å². The van der Waals surface area contributed by atoms with Crippen molar-refractivity contribution in [3.63, 3.8) is 0 Å². The van der Waals surface area contributed by atoms with E-state index in [1.807, 2.05) is 6.26 Å². The van der Waals surface area contributed by atoms with Crippen molar-refractivity contribution in [3.05, 3.63) is 34.1 Å². The van der Waals surface area contributed by atoms with Gasteiger partial charge in [-0.1, -0.05) is 6.07 Å². The molecule has 0 radical (unpaired) electrons. The van der Waals surface area contributed by atoms with Crippen molar-refractivity contribution < 1.29 is 9.18 Å². The van der Waals surface area contributed by atoms with Crippen LogP contribution in [0, 0.1) is 5.82 Å². The topological polar surface area (TPSA) is 17.1 Å². The van der Waals surface area contributed by atoms with Crippen molar-refractivity contribution in [1.82, 2.24) is 0 Å². The lowest BCUT2D eigenvalue weighted by Crippen LogP contribution is -2.04. The van der Waals surface area contributed by atoms with Crippen molar-refractivity contribution in [3.8, 4) is 0 Å². The number of hydrogen-bond acceptors (Lipinski definition) is 2. The number of halogens is 2. The second-order valence-corrected chi connectivity index (χ2v) is 4.60. The molecular formula is C10H10BrFOS. The van der Waals surface area contributed by atoms with Crippen LogP contribution in [0.2, 0.25) is 0 Å². The molecule has 1 aromatic carbocycles. The predicted octanol–water partition coefficient (Wildman–Crippen LogP) is 3.52. The zero-order chi connectivity index (χ0) is 10.6. The van der Waals surface area contributed by atoms with Crippen LogP contribution >= 0.6 is 27.7 Å². The van der Waals surface area contributed by atoms with Gasteiger partial charge in [-0.3, -0.25) is 4.79 Å². The standard InChI is InChI=1S/C10H10BrFOS/c1-14-6-5-9(13)10-7(11)3-2-4-8(10)12/h2-4H,5-6H2,1H3. The fourth-order valence-electron chi connectivity index (χ4n) is 1.08. The van der Waals surface area contributed by atoms with E-state index in [1.54, 1.807) is 23.9 Å². The van der Waals surface area contributed by atoms with Crippen LogP contribution in [0.1, 0.15) is 16.8 Å². The first kappa shape index (κ1) is 11.7. The summed E-state index contributed by atoms with van der Waals surface area (Å²) in [4.78, 5) is 11.6. The summed E-state index contributed by atoms with van der Waals surface area (Å²) in [5.74, 6) is 0.120. The fourth-order valence-corrected chi connectivity index (χ4v) is 2.04. The van der Waals surface area contributed by atoms with Crippen LogP contribution in [0.25, 0.3) is 0 Å². The summed E-state index contributed by atoms with van der Waals surface area (Å²) in [7, 11) is 0. The first-order valence-electron chi connectivity index (χ1n) is 4.13. The molecule has 0 amide bonds. The number of Topliss-reactive ketones (excluding diaryl/α,β-unsaturated/α-hetero) is 1. The van der Waals surface area contributed by atoms with Gasteiger partial charge in [-0.2, -0.15) is 11.8 Å². The highest BCUT2D eigenvalue weighted by Crippen LogP contribution is 2.21. The highest BCUT2D eigenvalue weighted by Gasteiger charge is 2.14. The number of carbonyl (C=O) groups is 1. The quantitative estimate of drug-likeness (QED) is 0.783. The van der Waals surface area contributed by atoms with Gasteiger partial charge in [0.05, 0.1) is 5.56 Å². The number of benzene rings is 1. The third-order valence-electron chi connectivity index (χ3n) is 1.77. The number of ketones is 1. The molecule has 0 saturated carbocycles. The van der Waals surface area contributed by atoms with Gasteiger partial charge in [0, 0.05) is 16.6 Å². The highest BCUT2D eigenvalue weighted by molar-refractivity contribution is 9.10. The van der Waals surface area contributed by atoms with Crippen LogP contribution in [0.4, 0.5) is 4.39 Å². The van der Waals surface area contributed by atoms with Gasteiger partial charge in [0.1, 0.15) is 5.82 Å². The van der Waals surface area contributed by atoms with Crippen molar-refractivity contribution in [2.75, 3.05) is 12.0 Å². The van der Waals surface area contributed by atoms with Gasteiger partial charge in [-0.25, -0.2) is 4.39 Å². The number of thioether (sulfide) groups is 1. The first-order valence-corrected chi connectivity index (χ1v) is 6.31. The molecule has 1 aromatic rings. The van der Waals surface area contributed by atoms with Crippen molar-refractivity contribution in [1.29, 1.82) is 0 Å². The molecule has 0 bridgehead atoms. The lowest BCUT2D eigenvalue weighted by molar-refractivity contribution is 0.0985. The summed E-state index contributed by atoms with van der Waals surface area (Å²) in [6.45, 7) is 0. The number of hydrogen-bond donors (Lipinski definition) is 0. The Kier molecular flexibility index (Phi) is 4.62. The zero-order valence-corrected chi connectivity index (χ0v) is 10.1. The van der Waals surface area contributed by atoms with Gasteiger partial charge in [0.15, 0.2) is 5.78 Å². The van der Waals surface area contributed by atoms with Crippen molar-refractivity contribution in [2.24, 2.45) is 0 Å². The molecule has 0 aliphatic heterocycles. The average molecular weight is 277 g/mol. The molecule has 0 fully saturated rings. The van der Waals surface area contributed by atoms with E-state index in [-0.39, 0.29) is 11.3 Å². The first-order chi connectivity index (χ1) is 6.66. The molecule has 4 heteroatoms. The fraction of sp³-hybridized carbons (Fsp3) is 0.300. The molecule has 0 unspecified atom stereocenters. The van der Waals surface area contributed by atoms with Gasteiger partial charge < -0.3 is 0 Å². The van der Waals surface area contributed by atoms with E-state index >= 15 is 0 Å². The van der Waals surface area contributed by atoms with E-state index in [2.05, 4.69) is 15.9 Å². The molecule has 0 N–H and O–H groups in total. The molecule has 0 heterocycles. The van der Waals surface area contributed by atoms with Crippen LogP contribution in [0.5, 0.6) is 0 Å². The molecule has 0 atom stereocenters. The minimum absolute atomic E-state index is 0.149. The molecule has 1 nitrogen and oxygen atoms in total. The van der Waals surface area contributed by atoms with E-state index in [4.69, 9.17) is 0 Å². The Balaban J connectivity index is 2.89. The van der Waals surface area contributed by atoms with Gasteiger partial charge >= 0.3 is 0 Å². The van der Waals surface area contributed by atoms with E-state index in [9.17, 15) is 9.18 Å². The molecule has 76 valence electrons. The Morgan fingerprint density at radius 2 is 2.29 bits per heavy atom. The van der Waals surface area contributed by atoms with Crippen LogP contribution in [0.15, 0.2) is 22.7 Å². The Labute approximate surface area is 95.2 Å². The van der Waals surface area contributed by atoms with Crippen molar-refractivity contribution >= 4 is 33.5 Å². The lowest BCUT2D eigenvalue weighted by atomic mass is 10.1. The minimum atomic E-state index is -0.453. The SMILES string of the molecule is CSCCC(=O)c1c(F)cccc1Br. The number of rotatable bonds is 4. The predicted molar refractivity (Wildman–Crippen MR) is 61.4 cm³/mol. The third-order valence-corrected chi connectivity index (χ3v) is 3.05. The maximum Gasteiger partial charge on any atom is 0.167 e. The Hall–Kier alpha value is -0.350. The molecule has 14 heavy (non-hydrogen) atoms. The molecule has 1 rings (SSSR count). The van der Waals surface area contributed by atoms with E-state index in [1.165, 1.54) is 6.07 Å². The summed E-state index contributed by atoms with van der Waals surface area (Å²) < 4.78 is 13.8. The maximum atomic E-state index is 13.3. The van der Waals surface area contributed by atoms with Crippen LogP contribution in [-0.4, -0.2) is 17.8 Å². The average Bonchev–Trinajstić information content (AvgIpc) is 2.14. The van der Waals surface area contributed by atoms with Crippen molar-refractivity contribution in [2.45, 2.75) is 6.42 Å². The third kappa shape index (κ3) is 2.82. The molecule has 0 aliphatic rings.